The molecule has 3 aromatic carbocycles. The summed E-state index contributed by atoms with van der Waals surface area (Å²) in [5.74, 6) is 1.51. The summed E-state index contributed by atoms with van der Waals surface area (Å²) in [5.41, 5.74) is 4.07. The number of halogens is 1. The van der Waals surface area contributed by atoms with Crippen LogP contribution in [0.5, 0.6) is 0 Å². The van der Waals surface area contributed by atoms with Crippen LogP contribution in [0.3, 0.4) is 0 Å². The number of aromatic nitrogens is 3. The molecule has 0 N–H and O–H groups in total. The van der Waals surface area contributed by atoms with E-state index in [0.717, 1.165) is 28.2 Å². The Hall–Kier alpha value is -3.27. The molecular weight excluding hydrogens is 337 g/mol. The monoisotopic (exact) mass is 357 g/mol. The highest BCUT2D eigenvalue weighted by Gasteiger charge is 2.20. The Bertz CT molecular complexity index is 1050. The molecule has 0 unspecified atom stereocenters. The lowest BCUT2D eigenvalue weighted by atomic mass is 10.0. The van der Waals surface area contributed by atoms with E-state index in [1.54, 1.807) is 12.1 Å². The fourth-order valence-electron chi connectivity index (χ4n) is 3.22. The minimum Gasteiger partial charge on any atom is -0.278 e. The molecule has 134 valence electrons. The fraction of sp³-hybridized carbons (Fsp3) is 0.130. The van der Waals surface area contributed by atoms with Crippen molar-refractivity contribution in [3.05, 3.63) is 90.5 Å². The molecule has 4 aromatic rings. The molecule has 0 aliphatic rings. The summed E-state index contributed by atoms with van der Waals surface area (Å²) in [7, 11) is 0. The van der Waals surface area contributed by atoms with Gasteiger partial charge in [0.25, 0.3) is 0 Å². The molecule has 4 heteroatoms. The Kier molecular flexibility index (Phi) is 4.55. The molecule has 0 aliphatic carbocycles. The van der Waals surface area contributed by atoms with Crippen molar-refractivity contribution in [1.82, 2.24) is 14.8 Å². The molecule has 0 bridgehead atoms. The van der Waals surface area contributed by atoms with Crippen LogP contribution in [-0.4, -0.2) is 14.8 Å². The third-order valence-electron chi connectivity index (χ3n) is 4.54. The molecule has 0 amide bonds. The maximum Gasteiger partial charge on any atom is 0.168 e. The van der Waals surface area contributed by atoms with Crippen LogP contribution in [0.4, 0.5) is 4.39 Å². The first kappa shape index (κ1) is 17.2. The maximum atomic E-state index is 13.4. The Morgan fingerprint density at radius 2 is 1.41 bits per heavy atom. The van der Waals surface area contributed by atoms with E-state index in [9.17, 15) is 4.39 Å². The first-order chi connectivity index (χ1) is 13.1. The molecule has 0 fully saturated rings. The van der Waals surface area contributed by atoms with Gasteiger partial charge in [-0.05, 0) is 35.9 Å². The van der Waals surface area contributed by atoms with Crippen molar-refractivity contribution in [2.45, 2.75) is 19.8 Å². The van der Waals surface area contributed by atoms with Crippen LogP contribution in [0.1, 0.15) is 25.6 Å². The van der Waals surface area contributed by atoms with Crippen LogP contribution in [0, 0.1) is 5.82 Å². The zero-order valence-electron chi connectivity index (χ0n) is 15.3. The lowest BCUT2D eigenvalue weighted by molar-refractivity contribution is 0.628. The third kappa shape index (κ3) is 3.26. The van der Waals surface area contributed by atoms with Crippen molar-refractivity contribution in [2.75, 3.05) is 0 Å². The van der Waals surface area contributed by atoms with Crippen LogP contribution in [-0.2, 0) is 0 Å². The Morgan fingerprint density at radius 1 is 0.741 bits per heavy atom. The highest BCUT2D eigenvalue weighted by Crippen LogP contribution is 2.32. The molecular formula is C23H20FN3. The van der Waals surface area contributed by atoms with Crippen molar-refractivity contribution in [1.29, 1.82) is 0 Å². The lowest BCUT2D eigenvalue weighted by Gasteiger charge is -2.16. The van der Waals surface area contributed by atoms with Crippen molar-refractivity contribution < 1.29 is 4.39 Å². The first-order valence-electron chi connectivity index (χ1n) is 9.01. The van der Waals surface area contributed by atoms with E-state index in [1.165, 1.54) is 12.1 Å². The van der Waals surface area contributed by atoms with E-state index < -0.39 is 0 Å². The lowest BCUT2D eigenvalue weighted by Crippen LogP contribution is -2.06. The molecule has 4 rings (SSSR count). The number of para-hydroxylation sites is 1. The van der Waals surface area contributed by atoms with Crippen LogP contribution in [0.15, 0.2) is 78.9 Å². The average Bonchev–Trinajstić information content (AvgIpc) is 3.14. The van der Waals surface area contributed by atoms with Crippen molar-refractivity contribution >= 4 is 0 Å². The summed E-state index contributed by atoms with van der Waals surface area (Å²) in [4.78, 5) is 0. The standard InChI is InChI=1S/C23H20FN3/c1-16(2)22-25-26-23(18-12-14-19(24)15-13-18)27(22)21-11-7-6-10-20(21)17-8-4-3-5-9-17/h3-16H,1-2H3. The van der Waals surface area contributed by atoms with Gasteiger partial charge in [0.15, 0.2) is 5.82 Å². The summed E-state index contributed by atoms with van der Waals surface area (Å²) in [5, 5.41) is 8.88. The number of hydrogen-bond donors (Lipinski definition) is 0. The summed E-state index contributed by atoms with van der Waals surface area (Å²) in [6, 6.07) is 24.9. The quantitative estimate of drug-likeness (QED) is 0.458. The Labute approximate surface area is 158 Å². The molecule has 1 aromatic heterocycles. The molecule has 0 saturated heterocycles. The normalized spacial score (nSPS) is 11.1. The predicted molar refractivity (Wildman–Crippen MR) is 106 cm³/mol. The Balaban J connectivity index is 1.97. The second kappa shape index (κ2) is 7.16. The minimum atomic E-state index is -0.265. The van der Waals surface area contributed by atoms with Gasteiger partial charge in [-0.15, -0.1) is 10.2 Å². The Morgan fingerprint density at radius 3 is 2.11 bits per heavy atom. The second-order valence-corrected chi connectivity index (χ2v) is 6.76. The van der Waals surface area contributed by atoms with Gasteiger partial charge >= 0.3 is 0 Å². The van der Waals surface area contributed by atoms with Crippen LogP contribution in [0.2, 0.25) is 0 Å². The van der Waals surface area contributed by atoms with Crippen LogP contribution >= 0.6 is 0 Å². The molecule has 0 spiro atoms. The highest BCUT2D eigenvalue weighted by molar-refractivity contribution is 5.75. The smallest absolute Gasteiger partial charge is 0.168 e. The average molecular weight is 357 g/mol. The van der Waals surface area contributed by atoms with Gasteiger partial charge < -0.3 is 0 Å². The van der Waals surface area contributed by atoms with E-state index in [1.807, 2.05) is 30.3 Å². The summed E-state index contributed by atoms with van der Waals surface area (Å²) >= 11 is 0. The topological polar surface area (TPSA) is 30.7 Å². The summed E-state index contributed by atoms with van der Waals surface area (Å²) in [6.07, 6.45) is 0. The van der Waals surface area contributed by atoms with Crippen molar-refractivity contribution in [3.63, 3.8) is 0 Å². The summed E-state index contributed by atoms with van der Waals surface area (Å²) in [6.45, 7) is 4.19. The fourth-order valence-corrected chi connectivity index (χ4v) is 3.22. The SMILES string of the molecule is CC(C)c1nnc(-c2ccc(F)cc2)n1-c1ccccc1-c1ccccc1. The van der Waals surface area contributed by atoms with Gasteiger partial charge in [-0.1, -0.05) is 62.4 Å². The van der Waals surface area contributed by atoms with E-state index in [-0.39, 0.29) is 11.7 Å². The third-order valence-corrected chi connectivity index (χ3v) is 4.54. The summed E-state index contributed by atoms with van der Waals surface area (Å²) < 4.78 is 15.5. The number of rotatable bonds is 4. The van der Waals surface area contributed by atoms with Gasteiger partial charge in [-0.2, -0.15) is 0 Å². The molecule has 0 radical (unpaired) electrons. The second-order valence-electron chi connectivity index (χ2n) is 6.76. The first-order valence-corrected chi connectivity index (χ1v) is 9.01. The van der Waals surface area contributed by atoms with Gasteiger partial charge in [0.05, 0.1) is 5.69 Å². The van der Waals surface area contributed by atoms with E-state index >= 15 is 0 Å². The molecule has 3 nitrogen and oxygen atoms in total. The van der Waals surface area contributed by atoms with E-state index in [4.69, 9.17) is 0 Å². The zero-order valence-corrected chi connectivity index (χ0v) is 15.3. The van der Waals surface area contributed by atoms with Gasteiger partial charge in [-0.25, -0.2) is 4.39 Å². The maximum absolute atomic E-state index is 13.4. The largest absolute Gasteiger partial charge is 0.278 e. The van der Waals surface area contributed by atoms with Crippen LogP contribution in [0.25, 0.3) is 28.2 Å². The molecule has 0 aliphatic heterocycles. The molecule has 1 heterocycles. The van der Waals surface area contributed by atoms with Crippen molar-refractivity contribution in [3.8, 4) is 28.2 Å². The minimum absolute atomic E-state index is 0.190. The van der Waals surface area contributed by atoms with E-state index in [0.29, 0.717) is 5.82 Å². The van der Waals surface area contributed by atoms with Gasteiger partial charge in [0.2, 0.25) is 0 Å². The van der Waals surface area contributed by atoms with Crippen molar-refractivity contribution in [2.24, 2.45) is 0 Å². The molecule has 27 heavy (non-hydrogen) atoms. The highest BCUT2D eigenvalue weighted by atomic mass is 19.1. The predicted octanol–water partition coefficient (Wildman–Crippen LogP) is 5.86. The zero-order chi connectivity index (χ0) is 18.8. The number of benzene rings is 3. The van der Waals surface area contributed by atoms with Crippen LogP contribution < -0.4 is 0 Å². The van der Waals surface area contributed by atoms with Gasteiger partial charge in [0.1, 0.15) is 11.6 Å². The van der Waals surface area contributed by atoms with Gasteiger partial charge in [-0.3, -0.25) is 4.57 Å². The number of nitrogens with zero attached hydrogens (tertiary/aromatic N) is 3. The number of hydrogen-bond acceptors (Lipinski definition) is 2. The molecule has 0 atom stereocenters. The van der Waals surface area contributed by atoms with E-state index in [2.05, 4.69) is 52.9 Å². The molecule has 0 saturated carbocycles. The van der Waals surface area contributed by atoms with Gasteiger partial charge in [0, 0.05) is 17.0 Å².